The van der Waals surface area contributed by atoms with Crippen molar-refractivity contribution >= 4 is 17.8 Å². The molecule has 1 amide bonds. The Kier molecular flexibility index (Phi) is 6.34. The van der Waals surface area contributed by atoms with E-state index in [2.05, 4.69) is 24.3 Å². The van der Waals surface area contributed by atoms with Crippen molar-refractivity contribution in [3.8, 4) is 0 Å². The Morgan fingerprint density at radius 3 is 2.30 bits per heavy atom. The SMILES string of the molecule is CC(C)c1ccc(/C=C/C(=O)Nc2ccn(Cc3c(F)c(F)cc(F)c3F)n2)cc1. The van der Waals surface area contributed by atoms with Crippen molar-refractivity contribution in [2.24, 2.45) is 0 Å². The van der Waals surface area contributed by atoms with Crippen LogP contribution in [0.15, 0.2) is 48.7 Å². The number of amides is 1. The largest absolute Gasteiger partial charge is 0.306 e. The molecule has 0 atom stereocenters. The molecule has 3 rings (SSSR count). The molecule has 0 saturated carbocycles. The van der Waals surface area contributed by atoms with Crippen molar-refractivity contribution in [1.82, 2.24) is 9.78 Å². The van der Waals surface area contributed by atoms with E-state index in [9.17, 15) is 22.4 Å². The number of nitrogens with zero attached hydrogens (tertiary/aromatic N) is 2. The third kappa shape index (κ3) is 4.94. The summed E-state index contributed by atoms with van der Waals surface area (Å²) in [6, 6.07) is 9.30. The molecular weight excluding hydrogens is 398 g/mol. The number of nitrogens with one attached hydrogen (secondary N) is 1. The van der Waals surface area contributed by atoms with Crippen LogP contribution >= 0.6 is 0 Å². The fourth-order valence-electron chi connectivity index (χ4n) is 2.77. The van der Waals surface area contributed by atoms with Crippen LogP contribution < -0.4 is 5.32 Å². The van der Waals surface area contributed by atoms with Crippen LogP contribution in [0.3, 0.4) is 0 Å². The quantitative estimate of drug-likeness (QED) is 0.338. The summed E-state index contributed by atoms with van der Waals surface area (Å²) in [5.41, 5.74) is 1.24. The van der Waals surface area contributed by atoms with E-state index in [0.29, 0.717) is 5.92 Å². The number of anilines is 1. The van der Waals surface area contributed by atoms with Gasteiger partial charge >= 0.3 is 0 Å². The first-order chi connectivity index (χ1) is 14.2. The molecule has 0 bridgehead atoms. The Labute approximate surface area is 170 Å². The second-order valence-corrected chi connectivity index (χ2v) is 6.99. The lowest BCUT2D eigenvalue weighted by atomic mass is 10.0. The molecule has 0 saturated heterocycles. The summed E-state index contributed by atoms with van der Waals surface area (Å²) in [7, 11) is 0. The standard InChI is InChI=1S/C22H19F4N3O/c1-13(2)15-6-3-14(4-7-15)5-8-20(30)27-19-9-10-29(28-19)12-16-21(25)17(23)11-18(24)22(16)26/h3-11,13H,12H2,1-2H3,(H,27,28,30)/b8-5+. The van der Waals surface area contributed by atoms with Gasteiger partial charge in [-0.25, -0.2) is 17.6 Å². The Morgan fingerprint density at radius 2 is 1.70 bits per heavy atom. The van der Waals surface area contributed by atoms with Crippen molar-refractivity contribution < 1.29 is 22.4 Å². The fourth-order valence-corrected chi connectivity index (χ4v) is 2.77. The first-order valence-electron chi connectivity index (χ1n) is 9.19. The summed E-state index contributed by atoms with van der Waals surface area (Å²) in [6.07, 6.45) is 4.28. The number of halogens is 4. The molecule has 2 aromatic carbocycles. The smallest absolute Gasteiger partial charge is 0.249 e. The number of hydrogen-bond acceptors (Lipinski definition) is 2. The number of rotatable bonds is 6. The van der Waals surface area contributed by atoms with Crippen LogP contribution in [-0.2, 0) is 11.3 Å². The first kappa shape index (κ1) is 21.3. The minimum atomic E-state index is -1.49. The zero-order chi connectivity index (χ0) is 21.8. The summed E-state index contributed by atoms with van der Waals surface area (Å²) in [5, 5.41) is 6.45. The van der Waals surface area contributed by atoms with E-state index in [1.165, 1.54) is 23.9 Å². The summed E-state index contributed by atoms with van der Waals surface area (Å²) in [4.78, 5) is 12.1. The van der Waals surface area contributed by atoms with Crippen LogP contribution in [0.1, 0.15) is 36.5 Å². The number of hydrogen-bond donors (Lipinski definition) is 1. The molecule has 0 spiro atoms. The third-order valence-corrected chi connectivity index (χ3v) is 4.45. The third-order valence-electron chi connectivity index (χ3n) is 4.45. The van der Waals surface area contributed by atoms with Crippen molar-refractivity contribution in [3.63, 3.8) is 0 Å². The van der Waals surface area contributed by atoms with Crippen molar-refractivity contribution in [2.75, 3.05) is 5.32 Å². The van der Waals surface area contributed by atoms with Crippen molar-refractivity contribution in [3.05, 3.63) is 88.6 Å². The second-order valence-electron chi connectivity index (χ2n) is 6.99. The molecule has 3 aromatic rings. The van der Waals surface area contributed by atoms with Gasteiger partial charge in [-0.05, 0) is 23.1 Å². The minimum absolute atomic E-state index is 0.123. The number of aromatic nitrogens is 2. The van der Waals surface area contributed by atoms with Gasteiger partial charge in [-0.15, -0.1) is 0 Å². The zero-order valence-electron chi connectivity index (χ0n) is 16.3. The highest BCUT2D eigenvalue weighted by Crippen LogP contribution is 2.20. The number of carbonyl (C=O) groups excluding carboxylic acids is 1. The monoisotopic (exact) mass is 417 g/mol. The minimum Gasteiger partial charge on any atom is -0.306 e. The number of benzene rings is 2. The summed E-state index contributed by atoms with van der Waals surface area (Å²) in [6.45, 7) is 3.64. The molecule has 1 N–H and O–H groups in total. The Hall–Kier alpha value is -3.42. The molecule has 0 radical (unpaired) electrons. The van der Waals surface area contributed by atoms with Crippen LogP contribution in [0, 0.1) is 23.3 Å². The van der Waals surface area contributed by atoms with E-state index < -0.39 is 41.3 Å². The number of carbonyl (C=O) groups is 1. The molecule has 1 heterocycles. The fraction of sp³-hybridized carbons (Fsp3) is 0.182. The topological polar surface area (TPSA) is 46.9 Å². The van der Waals surface area contributed by atoms with Crippen LogP contribution in [0.4, 0.5) is 23.4 Å². The summed E-state index contributed by atoms with van der Waals surface area (Å²) >= 11 is 0. The predicted molar refractivity (Wildman–Crippen MR) is 106 cm³/mol. The van der Waals surface area contributed by atoms with Gasteiger partial charge < -0.3 is 5.32 Å². The predicted octanol–water partition coefficient (Wildman–Crippen LogP) is 5.26. The maximum atomic E-state index is 13.8. The molecule has 8 heteroatoms. The van der Waals surface area contributed by atoms with E-state index in [-0.39, 0.29) is 11.9 Å². The van der Waals surface area contributed by atoms with Gasteiger partial charge in [-0.3, -0.25) is 9.48 Å². The molecule has 1 aromatic heterocycles. The lowest BCUT2D eigenvalue weighted by Crippen LogP contribution is -2.11. The maximum absolute atomic E-state index is 13.8. The summed E-state index contributed by atoms with van der Waals surface area (Å²) in [5.74, 6) is -5.87. The molecule has 4 nitrogen and oxygen atoms in total. The molecule has 0 fully saturated rings. The van der Waals surface area contributed by atoms with Gasteiger partial charge in [0.15, 0.2) is 29.1 Å². The maximum Gasteiger partial charge on any atom is 0.249 e. The van der Waals surface area contributed by atoms with Crippen molar-refractivity contribution in [2.45, 2.75) is 26.3 Å². The van der Waals surface area contributed by atoms with Gasteiger partial charge in [0.2, 0.25) is 5.91 Å². The molecule has 0 aliphatic carbocycles. The second kappa shape index (κ2) is 8.94. The Morgan fingerprint density at radius 1 is 1.07 bits per heavy atom. The van der Waals surface area contributed by atoms with E-state index in [1.807, 2.05) is 24.3 Å². The average Bonchev–Trinajstić information content (AvgIpc) is 3.15. The van der Waals surface area contributed by atoms with Gasteiger partial charge in [0, 0.05) is 24.4 Å². The van der Waals surface area contributed by atoms with Gasteiger partial charge in [0.1, 0.15) is 0 Å². The summed E-state index contributed by atoms with van der Waals surface area (Å²) < 4.78 is 55.2. The van der Waals surface area contributed by atoms with E-state index >= 15 is 0 Å². The van der Waals surface area contributed by atoms with Crippen LogP contribution in [0.2, 0.25) is 0 Å². The highest BCUT2D eigenvalue weighted by molar-refractivity contribution is 6.01. The molecule has 0 aliphatic heterocycles. The Balaban J connectivity index is 1.65. The normalized spacial score (nSPS) is 11.4. The van der Waals surface area contributed by atoms with Gasteiger partial charge in [0.25, 0.3) is 0 Å². The molecule has 0 aliphatic rings. The van der Waals surface area contributed by atoms with Crippen LogP contribution in [0.25, 0.3) is 6.08 Å². The molecular formula is C22H19F4N3O. The molecule has 0 unspecified atom stereocenters. The van der Waals surface area contributed by atoms with E-state index in [1.54, 1.807) is 6.08 Å². The van der Waals surface area contributed by atoms with Crippen LogP contribution in [0.5, 0.6) is 0 Å². The van der Waals surface area contributed by atoms with Gasteiger partial charge in [-0.2, -0.15) is 5.10 Å². The highest BCUT2D eigenvalue weighted by atomic mass is 19.2. The Bertz CT molecular complexity index is 1060. The van der Waals surface area contributed by atoms with Gasteiger partial charge in [-0.1, -0.05) is 38.1 Å². The molecule has 30 heavy (non-hydrogen) atoms. The van der Waals surface area contributed by atoms with Crippen LogP contribution in [-0.4, -0.2) is 15.7 Å². The van der Waals surface area contributed by atoms with Crippen molar-refractivity contribution in [1.29, 1.82) is 0 Å². The average molecular weight is 417 g/mol. The van der Waals surface area contributed by atoms with E-state index in [0.717, 1.165) is 10.2 Å². The first-order valence-corrected chi connectivity index (χ1v) is 9.19. The lowest BCUT2D eigenvalue weighted by Gasteiger charge is -2.07. The van der Waals surface area contributed by atoms with Gasteiger partial charge in [0.05, 0.1) is 12.1 Å². The molecule has 156 valence electrons. The lowest BCUT2D eigenvalue weighted by molar-refractivity contribution is -0.111. The zero-order valence-corrected chi connectivity index (χ0v) is 16.3. The highest BCUT2D eigenvalue weighted by Gasteiger charge is 2.19. The van der Waals surface area contributed by atoms with E-state index in [4.69, 9.17) is 0 Å².